The topological polar surface area (TPSA) is 92.9 Å². The Hall–Kier alpha value is -2.20. The fourth-order valence-electron chi connectivity index (χ4n) is 1.68. The van der Waals surface area contributed by atoms with E-state index in [1.165, 1.54) is 4.52 Å². The summed E-state index contributed by atoms with van der Waals surface area (Å²) in [6.07, 6.45) is 0. The molecule has 6 nitrogen and oxygen atoms in total. The van der Waals surface area contributed by atoms with E-state index in [1.807, 2.05) is 24.3 Å². The maximum atomic E-state index is 8.88. The van der Waals surface area contributed by atoms with Crippen molar-refractivity contribution < 1.29 is 0 Å². The number of aromatic nitrogens is 4. The number of benzene rings is 1. The second kappa shape index (κ2) is 3.40. The van der Waals surface area contributed by atoms with Crippen LogP contribution in [0, 0.1) is 11.3 Å². The Kier molecular flexibility index (Phi) is 2.00. The van der Waals surface area contributed by atoms with E-state index in [-0.39, 0.29) is 5.69 Å². The lowest BCUT2D eigenvalue weighted by atomic mass is 10.2. The van der Waals surface area contributed by atoms with Gasteiger partial charge in [-0.2, -0.15) is 9.78 Å². The number of nitrogen functional groups attached to an aromatic ring is 1. The minimum Gasteiger partial charge on any atom is -0.383 e. The smallest absolute Gasteiger partial charge is 0.209 e. The Morgan fingerprint density at radius 2 is 2.24 bits per heavy atom. The van der Waals surface area contributed by atoms with E-state index in [1.54, 1.807) is 0 Å². The number of hydrogen-bond donors (Lipinski definition) is 1. The third kappa shape index (κ3) is 1.34. The number of halogens is 1. The number of fused-ring (bicyclic) bond motifs is 3. The van der Waals surface area contributed by atoms with E-state index >= 15 is 0 Å². The third-order valence-electron chi connectivity index (χ3n) is 2.44. The van der Waals surface area contributed by atoms with Crippen LogP contribution in [0.3, 0.4) is 0 Å². The molecule has 82 valence electrons. The molecule has 7 heteroatoms. The molecule has 0 saturated carbocycles. The zero-order valence-electron chi connectivity index (χ0n) is 8.42. The summed E-state index contributed by atoms with van der Waals surface area (Å²) < 4.78 is 2.41. The molecule has 0 atom stereocenters. The van der Waals surface area contributed by atoms with Gasteiger partial charge in [-0.15, -0.1) is 5.10 Å². The van der Waals surface area contributed by atoms with Gasteiger partial charge >= 0.3 is 0 Å². The van der Waals surface area contributed by atoms with E-state index in [4.69, 9.17) is 11.0 Å². The van der Waals surface area contributed by atoms with Crippen LogP contribution >= 0.6 is 15.9 Å². The SMILES string of the molecule is N#Cc1nnn2c1nc(N)c1cc(Br)ccc12. The molecular weight excluding hydrogens is 284 g/mol. The first-order chi connectivity index (χ1) is 8.20. The lowest BCUT2D eigenvalue weighted by Gasteiger charge is -2.03. The number of nitrogens with two attached hydrogens (primary N) is 1. The summed E-state index contributed by atoms with van der Waals surface area (Å²) in [5.41, 5.74) is 7.17. The minimum atomic E-state index is 0.168. The van der Waals surface area contributed by atoms with Crippen molar-refractivity contribution in [2.75, 3.05) is 5.73 Å². The summed E-state index contributed by atoms with van der Waals surface area (Å²) in [5.74, 6) is 0.354. The van der Waals surface area contributed by atoms with Crippen molar-refractivity contribution in [1.29, 1.82) is 5.26 Å². The quantitative estimate of drug-likeness (QED) is 0.676. The molecule has 17 heavy (non-hydrogen) atoms. The summed E-state index contributed by atoms with van der Waals surface area (Å²) in [6.45, 7) is 0. The predicted molar refractivity (Wildman–Crippen MR) is 65.1 cm³/mol. The van der Waals surface area contributed by atoms with Gasteiger partial charge in [0.25, 0.3) is 0 Å². The molecule has 2 aromatic heterocycles. The Labute approximate surface area is 104 Å². The summed E-state index contributed by atoms with van der Waals surface area (Å²) in [7, 11) is 0. The molecule has 2 N–H and O–H groups in total. The van der Waals surface area contributed by atoms with Gasteiger partial charge in [-0.1, -0.05) is 21.1 Å². The van der Waals surface area contributed by atoms with Crippen LogP contribution in [0.4, 0.5) is 5.82 Å². The second-order valence-electron chi connectivity index (χ2n) is 3.44. The Morgan fingerprint density at radius 3 is 3.00 bits per heavy atom. The van der Waals surface area contributed by atoms with Gasteiger partial charge in [-0.05, 0) is 18.2 Å². The highest BCUT2D eigenvalue weighted by atomic mass is 79.9. The van der Waals surface area contributed by atoms with Gasteiger partial charge in [0.1, 0.15) is 11.9 Å². The number of anilines is 1. The lowest BCUT2D eigenvalue weighted by Crippen LogP contribution is -1.99. The first-order valence-corrected chi connectivity index (χ1v) is 5.50. The molecule has 0 amide bonds. The molecule has 0 spiro atoms. The van der Waals surface area contributed by atoms with Crippen molar-refractivity contribution in [1.82, 2.24) is 19.8 Å². The van der Waals surface area contributed by atoms with Crippen molar-refractivity contribution in [2.45, 2.75) is 0 Å². The van der Waals surface area contributed by atoms with Gasteiger partial charge < -0.3 is 5.73 Å². The average Bonchev–Trinajstić information content (AvgIpc) is 2.72. The summed E-state index contributed by atoms with van der Waals surface area (Å²) in [4.78, 5) is 4.15. The number of nitriles is 1. The van der Waals surface area contributed by atoms with Crippen LogP contribution in [-0.2, 0) is 0 Å². The third-order valence-corrected chi connectivity index (χ3v) is 2.93. The molecule has 2 heterocycles. The molecule has 1 aromatic carbocycles. The first kappa shape index (κ1) is 9.99. The zero-order valence-corrected chi connectivity index (χ0v) is 10.0. The molecule has 0 aliphatic heterocycles. The molecule has 0 aliphatic carbocycles. The number of rotatable bonds is 0. The Bertz CT molecular complexity index is 785. The maximum Gasteiger partial charge on any atom is 0.209 e. The fourth-order valence-corrected chi connectivity index (χ4v) is 2.05. The lowest BCUT2D eigenvalue weighted by molar-refractivity contribution is 0.873. The van der Waals surface area contributed by atoms with E-state index in [9.17, 15) is 0 Å². The average molecular weight is 289 g/mol. The molecule has 0 bridgehead atoms. The molecular formula is C10H5BrN6. The van der Waals surface area contributed by atoms with Crippen molar-refractivity contribution in [3.8, 4) is 6.07 Å². The summed E-state index contributed by atoms with van der Waals surface area (Å²) in [5, 5.41) is 17.3. The van der Waals surface area contributed by atoms with Crippen LogP contribution in [0.15, 0.2) is 22.7 Å². The molecule has 3 aromatic rings. The predicted octanol–water partition coefficient (Wildman–Crippen LogP) is 1.49. The van der Waals surface area contributed by atoms with E-state index in [2.05, 4.69) is 31.2 Å². The van der Waals surface area contributed by atoms with Crippen LogP contribution in [-0.4, -0.2) is 19.8 Å². The van der Waals surface area contributed by atoms with Gasteiger partial charge in [0.05, 0.1) is 5.52 Å². The fraction of sp³-hybridized carbons (Fsp3) is 0. The first-order valence-electron chi connectivity index (χ1n) is 4.71. The van der Waals surface area contributed by atoms with E-state index in [0.29, 0.717) is 11.5 Å². The summed E-state index contributed by atoms with van der Waals surface area (Å²) in [6, 6.07) is 7.50. The maximum absolute atomic E-state index is 8.88. The molecule has 0 unspecified atom stereocenters. The normalized spacial score (nSPS) is 10.8. The number of hydrogen-bond acceptors (Lipinski definition) is 5. The molecule has 0 fully saturated rings. The highest BCUT2D eigenvalue weighted by Gasteiger charge is 2.12. The molecule has 3 rings (SSSR count). The Balaban J connectivity index is 2.57. The second-order valence-corrected chi connectivity index (χ2v) is 4.36. The zero-order chi connectivity index (χ0) is 12.0. The van der Waals surface area contributed by atoms with Crippen LogP contribution in [0.25, 0.3) is 16.6 Å². The van der Waals surface area contributed by atoms with Gasteiger partial charge in [0, 0.05) is 9.86 Å². The van der Waals surface area contributed by atoms with Gasteiger partial charge in [0.15, 0.2) is 5.65 Å². The monoisotopic (exact) mass is 288 g/mol. The van der Waals surface area contributed by atoms with Gasteiger partial charge in [-0.3, -0.25) is 0 Å². The standard InChI is InChI=1S/C10H5BrN6/c11-5-1-2-8-6(3-5)9(13)14-10-7(4-12)15-16-17(8)10/h1-3H,(H2,13,14). The molecule has 0 aliphatic rings. The number of nitrogens with zero attached hydrogens (tertiary/aromatic N) is 5. The van der Waals surface area contributed by atoms with Crippen LogP contribution in [0.2, 0.25) is 0 Å². The highest BCUT2D eigenvalue weighted by molar-refractivity contribution is 9.10. The largest absolute Gasteiger partial charge is 0.383 e. The molecule has 0 saturated heterocycles. The van der Waals surface area contributed by atoms with Crippen molar-refractivity contribution >= 4 is 38.3 Å². The highest BCUT2D eigenvalue weighted by Crippen LogP contribution is 2.24. The minimum absolute atomic E-state index is 0.168. The Morgan fingerprint density at radius 1 is 1.41 bits per heavy atom. The van der Waals surface area contributed by atoms with Crippen LogP contribution < -0.4 is 5.73 Å². The summed E-state index contributed by atoms with van der Waals surface area (Å²) >= 11 is 3.37. The van der Waals surface area contributed by atoms with Crippen molar-refractivity contribution in [3.63, 3.8) is 0 Å². The van der Waals surface area contributed by atoms with Gasteiger partial charge in [-0.25, -0.2) is 4.98 Å². The van der Waals surface area contributed by atoms with E-state index in [0.717, 1.165) is 15.4 Å². The van der Waals surface area contributed by atoms with Crippen molar-refractivity contribution in [2.24, 2.45) is 0 Å². The van der Waals surface area contributed by atoms with Crippen molar-refractivity contribution in [3.05, 3.63) is 28.4 Å². The van der Waals surface area contributed by atoms with E-state index < -0.39 is 0 Å². The van der Waals surface area contributed by atoms with Crippen LogP contribution in [0.5, 0.6) is 0 Å². The molecule has 0 radical (unpaired) electrons. The van der Waals surface area contributed by atoms with Gasteiger partial charge in [0.2, 0.25) is 5.69 Å². The van der Waals surface area contributed by atoms with Crippen LogP contribution in [0.1, 0.15) is 5.69 Å².